The van der Waals surface area contributed by atoms with E-state index in [4.69, 9.17) is 11.5 Å². The van der Waals surface area contributed by atoms with Gasteiger partial charge in [0.1, 0.15) is 11.4 Å². The van der Waals surface area contributed by atoms with Crippen LogP contribution in [0.4, 0.5) is 17.1 Å². The zero-order chi connectivity index (χ0) is 9.30. The van der Waals surface area contributed by atoms with Crippen LogP contribution in [0.1, 0.15) is 5.56 Å². The van der Waals surface area contributed by atoms with E-state index in [1.54, 1.807) is 13.0 Å². The number of nitrogen functional groups attached to an aromatic ring is 2. The standard InChI is InChI=1S/C7H9N3O2/c1-4-2-3-5(8)7(6(4)9)10(11)12/h2-3H,8-9H2,1H3. The molecule has 5 heteroatoms. The molecule has 0 bridgehead atoms. The molecule has 0 aliphatic heterocycles. The molecule has 4 N–H and O–H groups in total. The third-order valence-corrected chi connectivity index (χ3v) is 1.65. The summed E-state index contributed by atoms with van der Waals surface area (Å²) in [5.74, 6) is 0. The van der Waals surface area contributed by atoms with Crippen LogP contribution in [0.15, 0.2) is 12.1 Å². The first-order valence-electron chi connectivity index (χ1n) is 3.33. The second-order valence-electron chi connectivity index (χ2n) is 2.49. The first-order valence-corrected chi connectivity index (χ1v) is 3.33. The van der Waals surface area contributed by atoms with Crippen LogP contribution in [0.25, 0.3) is 0 Å². The topological polar surface area (TPSA) is 95.2 Å². The molecule has 64 valence electrons. The maximum Gasteiger partial charge on any atom is 0.315 e. The van der Waals surface area contributed by atoms with Gasteiger partial charge in [-0.05, 0) is 18.6 Å². The molecule has 1 rings (SSSR count). The normalized spacial score (nSPS) is 9.75. The minimum atomic E-state index is -0.572. The molecule has 0 aliphatic carbocycles. The summed E-state index contributed by atoms with van der Waals surface area (Å²) >= 11 is 0. The van der Waals surface area contributed by atoms with Gasteiger partial charge in [0.2, 0.25) is 0 Å². The molecule has 0 heterocycles. The van der Waals surface area contributed by atoms with Gasteiger partial charge in [-0.25, -0.2) is 0 Å². The van der Waals surface area contributed by atoms with Gasteiger partial charge < -0.3 is 11.5 Å². The van der Waals surface area contributed by atoms with Gasteiger partial charge in [0, 0.05) is 0 Å². The quantitative estimate of drug-likeness (QED) is 0.371. The highest BCUT2D eigenvalue weighted by Crippen LogP contribution is 2.30. The van der Waals surface area contributed by atoms with E-state index in [1.165, 1.54) is 6.07 Å². The van der Waals surface area contributed by atoms with E-state index in [0.717, 1.165) is 0 Å². The van der Waals surface area contributed by atoms with Crippen molar-refractivity contribution in [1.29, 1.82) is 0 Å². The van der Waals surface area contributed by atoms with Gasteiger partial charge in [-0.1, -0.05) is 6.07 Å². The third-order valence-electron chi connectivity index (χ3n) is 1.65. The smallest absolute Gasteiger partial charge is 0.315 e. The average Bonchev–Trinajstić information content (AvgIpc) is 1.97. The first-order chi connectivity index (χ1) is 5.54. The van der Waals surface area contributed by atoms with Crippen molar-refractivity contribution in [3.63, 3.8) is 0 Å². The Morgan fingerprint density at radius 3 is 2.42 bits per heavy atom. The molecule has 0 amide bonds. The lowest BCUT2D eigenvalue weighted by molar-refractivity contribution is -0.383. The molecule has 1 aromatic carbocycles. The predicted molar refractivity (Wildman–Crippen MR) is 46.7 cm³/mol. The van der Waals surface area contributed by atoms with Crippen LogP contribution >= 0.6 is 0 Å². The Kier molecular flexibility index (Phi) is 1.86. The monoisotopic (exact) mass is 167 g/mol. The Hall–Kier alpha value is -1.78. The zero-order valence-corrected chi connectivity index (χ0v) is 6.57. The van der Waals surface area contributed by atoms with Crippen LogP contribution in [0.3, 0.4) is 0 Å². The van der Waals surface area contributed by atoms with Gasteiger partial charge >= 0.3 is 5.69 Å². The molecule has 0 saturated heterocycles. The molecule has 0 unspecified atom stereocenters. The molecule has 0 atom stereocenters. The van der Waals surface area contributed by atoms with Crippen LogP contribution in [0.2, 0.25) is 0 Å². The second kappa shape index (κ2) is 2.69. The van der Waals surface area contributed by atoms with Crippen molar-refractivity contribution >= 4 is 17.1 Å². The number of nitro groups is 1. The van der Waals surface area contributed by atoms with Crippen molar-refractivity contribution in [1.82, 2.24) is 0 Å². The van der Waals surface area contributed by atoms with Crippen molar-refractivity contribution in [3.8, 4) is 0 Å². The minimum Gasteiger partial charge on any atom is -0.393 e. The number of anilines is 2. The van der Waals surface area contributed by atoms with Crippen molar-refractivity contribution in [2.45, 2.75) is 6.92 Å². The van der Waals surface area contributed by atoms with Gasteiger partial charge in [-0.2, -0.15) is 0 Å². The summed E-state index contributed by atoms with van der Waals surface area (Å²) in [6.45, 7) is 1.70. The maximum atomic E-state index is 10.4. The molecule has 0 radical (unpaired) electrons. The number of hydrogen-bond acceptors (Lipinski definition) is 4. The number of nitro benzene ring substituents is 1. The minimum absolute atomic E-state index is 0.100. The zero-order valence-electron chi connectivity index (χ0n) is 6.57. The molecule has 0 spiro atoms. The van der Waals surface area contributed by atoms with E-state index in [0.29, 0.717) is 5.56 Å². The molecule has 0 aromatic heterocycles. The Bertz CT molecular complexity index is 336. The molecule has 0 aliphatic rings. The lowest BCUT2D eigenvalue weighted by atomic mass is 10.1. The van der Waals surface area contributed by atoms with Crippen LogP contribution in [-0.4, -0.2) is 4.92 Å². The van der Waals surface area contributed by atoms with Gasteiger partial charge in [-0.3, -0.25) is 10.1 Å². The van der Waals surface area contributed by atoms with Crippen molar-refractivity contribution in [2.24, 2.45) is 0 Å². The number of nitrogens with zero attached hydrogens (tertiary/aromatic N) is 1. The van der Waals surface area contributed by atoms with E-state index in [-0.39, 0.29) is 17.1 Å². The number of nitrogens with two attached hydrogens (primary N) is 2. The molecular weight excluding hydrogens is 158 g/mol. The van der Waals surface area contributed by atoms with Crippen LogP contribution in [0.5, 0.6) is 0 Å². The largest absolute Gasteiger partial charge is 0.393 e. The molecular formula is C7H9N3O2. The van der Waals surface area contributed by atoms with E-state index in [1.807, 2.05) is 0 Å². The van der Waals surface area contributed by atoms with E-state index < -0.39 is 4.92 Å². The predicted octanol–water partition coefficient (Wildman–Crippen LogP) is 1.07. The van der Waals surface area contributed by atoms with Crippen molar-refractivity contribution in [2.75, 3.05) is 11.5 Å². The van der Waals surface area contributed by atoms with E-state index in [9.17, 15) is 10.1 Å². The number of hydrogen-bond donors (Lipinski definition) is 2. The molecule has 0 saturated carbocycles. The highest BCUT2D eigenvalue weighted by Gasteiger charge is 2.16. The summed E-state index contributed by atoms with van der Waals surface area (Å²) in [7, 11) is 0. The molecule has 12 heavy (non-hydrogen) atoms. The number of benzene rings is 1. The lowest BCUT2D eigenvalue weighted by Gasteiger charge is -2.02. The van der Waals surface area contributed by atoms with Crippen molar-refractivity contribution in [3.05, 3.63) is 27.8 Å². The highest BCUT2D eigenvalue weighted by atomic mass is 16.6. The average molecular weight is 167 g/mol. The summed E-state index contributed by atoms with van der Waals surface area (Å²) < 4.78 is 0. The van der Waals surface area contributed by atoms with Gasteiger partial charge in [0.25, 0.3) is 0 Å². The second-order valence-corrected chi connectivity index (χ2v) is 2.49. The summed E-state index contributed by atoms with van der Waals surface area (Å²) in [5, 5.41) is 10.4. The van der Waals surface area contributed by atoms with Crippen LogP contribution in [0, 0.1) is 17.0 Å². The fourth-order valence-electron chi connectivity index (χ4n) is 0.930. The molecule has 5 nitrogen and oxygen atoms in total. The van der Waals surface area contributed by atoms with E-state index >= 15 is 0 Å². The highest BCUT2D eigenvalue weighted by molar-refractivity contribution is 5.75. The molecule has 0 fully saturated rings. The van der Waals surface area contributed by atoms with E-state index in [2.05, 4.69) is 0 Å². The maximum absolute atomic E-state index is 10.4. The van der Waals surface area contributed by atoms with Crippen molar-refractivity contribution < 1.29 is 4.92 Å². The third kappa shape index (κ3) is 1.16. The fraction of sp³-hybridized carbons (Fsp3) is 0.143. The summed E-state index contributed by atoms with van der Waals surface area (Å²) in [4.78, 5) is 9.87. The SMILES string of the molecule is Cc1ccc(N)c([N+](=O)[O-])c1N. The van der Waals surface area contributed by atoms with Crippen LogP contribution in [-0.2, 0) is 0 Å². The summed E-state index contributed by atoms with van der Waals surface area (Å²) in [6.07, 6.45) is 0. The summed E-state index contributed by atoms with van der Waals surface area (Å²) in [5.41, 5.74) is 11.5. The lowest BCUT2D eigenvalue weighted by Crippen LogP contribution is -2.01. The fourth-order valence-corrected chi connectivity index (χ4v) is 0.930. The molecule has 1 aromatic rings. The summed E-state index contributed by atoms with van der Waals surface area (Å²) in [6, 6.07) is 3.13. The first kappa shape index (κ1) is 8.32. The van der Waals surface area contributed by atoms with Crippen LogP contribution < -0.4 is 11.5 Å². The number of aryl methyl sites for hydroxylation is 1. The van der Waals surface area contributed by atoms with Gasteiger partial charge in [0.05, 0.1) is 4.92 Å². The van der Waals surface area contributed by atoms with Gasteiger partial charge in [0.15, 0.2) is 0 Å². The van der Waals surface area contributed by atoms with Gasteiger partial charge in [-0.15, -0.1) is 0 Å². The Labute approximate surface area is 69.1 Å². The number of rotatable bonds is 1. The Balaban J connectivity index is 3.43. The Morgan fingerprint density at radius 2 is 2.00 bits per heavy atom. The Morgan fingerprint density at radius 1 is 1.42 bits per heavy atom.